The molecule has 1 aromatic carbocycles. The number of phosphoric acid groups is 1. The number of unbranched alkanes of at least 4 members (excludes halogenated alkanes) is 4. The fraction of sp³-hybridized carbons (Fsp3) is 0.643. The van der Waals surface area contributed by atoms with Crippen LogP contribution in [0, 0.1) is 5.92 Å². The van der Waals surface area contributed by atoms with Gasteiger partial charge in [0, 0.05) is 25.8 Å². The molecule has 0 saturated carbocycles. The Morgan fingerprint density at radius 1 is 0.902 bits per heavy atom. The van der Waals surface area contributed by atoms with Crippen molar-refractivity contribution in [3.05, 3.63) is 29.8 Å². The zero-order valence-electron chi connectivity index (χ0n) is 25.0. The van der Waals surface area contributed by atoms with Crippen LogP contribution in [0.2, 0.25) is 0 Å². The van der Waals surface area contributed by atoms with Gasteiger partial charge in [-0.1, -0.05) is 58.6 Å². The summed E-state index contributed by atoms with van der Waals surface area (Å²) in [5, 5.41) is 8.45. The second-order valence-electron chi connectivity index (χ2n) is 10.1. The van der Waals surface area contributed by atoms with Crippen molar-refractivity contribution in [1.82, 2.24) is 16.0 Å². The molecular weight excluding hydrogens is 560 g/mol. The van der Waals surface area contributed by atoms with Crippen LogP contribution < -0.4 is 59.8 Å². The third kappa shape index (κ3) is 17.7. The van der Waals surface area contributed by atoms with Crippen LogP contribution in [0.15, 0.2) is 24.3 Å². The molecule has 3 atom stereocenters. The summed E-state index contributed by atoms with van der Waals surface area (Å²) in [7, 11) is -5.21. The molecule has 11 nitrogen and oxygen atoms in total. The van der Waals surface area contributed by atoms with E-state index < -0.39 is 25.8 Å². The van der Waals surface area contributed by atoms with Crippen molar-refractivity contribution in [2.24, 2.45) is 5.92 Å². The minimum absolute atomic E-state index is 0. The Kier molecular flexibility index (Phi) is 20.1. The number of nitrogens with one attached hydrogen (secondary N) is 3. The number of carbonyl (C=O) groups is 4. The quantitative estimate of drug-likeness (QED) is 0.0994. The summed E-state index contributed by atoms with van der Waals surface area (Å²) < 4.78 is 15.2. The number of hydrogen-bond donors (Lipinski definition) is 3. The number of rotatable bonds is 20. The Labute approximate surface area is 265 Å². The molecule has 0 fully saturated rings. The molecule has 13 heteroatoms. The van der Waals surface area contributed by atoms with Gasteiger partial charge in [-0.15, -0.1) is 0 Å². The number of carbonyl (C=O) groups excluding carboxylic acids is 4. The second-order valence-corrected chi connectivity index (χ2v) is 11.2. The number of Topliss-reactive ketones (excluding diaryl/α,β-unsaturated/α-hetero) is 1. The average Bonchev–Trinajstić information content (AvgIpc) is 2.88. The second kappa shape index (κ2) is 21.0. The van der Waals surface area contributed by atoms with Gasteiger partial charge in [-0.05, 0) is 49.8 Å². The van der Waals surface area contributed by atoms with E-state index in [2.05, 4.69) is 20.5 Å². The van der Waals surface area contributed by atoms with E-state index >= 15 is 0 Å². The molecule has 3 N–H and O–H groups in total. The summed E-state index contributed by atoms with van der Waals surface area (Å²) in [6.45, 7) is 7.77. The first-order chi connectivity index (χ1) is 18.9. The molecule has 0 saturated heterocycles. The van der Waals surface area contributed by atoms with Crippen LogP contribution in [-0.2, 0) is 30.2 Å². The Hall–Kier alpha value is -1.75. The normalized spacial score (nSPS) is 13.2. The molecule has 0 spiro atoms. The van der Waals surface area contributed by atoms with Crippen LogP contribution in [0.4, 0.5) is 0 Å². The van der Waals surface area contributed by atoms with Crippen molar-refractivity contribution in [3.63, 3.8) is 0 Å². The zero-order chi connectivity index (χ0) is 30.1. The summed E-state index contributed by atoms with van der Waals surface area (Å²) in [6.07, 6.45) is 6.24. The van der Waals surface area contributed by atoms with E-state index in [0.717, 1.165) is 25.7 Å². The molecule has 0 bridgehead atoms. The van der Waals surface area contributed by atoms with Crippen molar-refractivity contribution in [2.75, 3.05) is 6.54 Å². The molecule has 0 heterocycles. The number of amides is 3. The number of benzene rings is 1. The summed E-state index contributed by atoms with van der Waals surface area (Å²) in [5.41, 5.74) is 0.586. The molecule has 0 aliphatic carbocycles. The number of hydrogen-bond acceptors (Lipinski definition) is 8. The molecule has 3 amide bonds. The van der Waals surface area contributed by atoms with Crippen LogP contribution in [0.25, 0.3) is 0 Å². The van der Waals surface area contributed by atoms with Crippen molar-refractivity contribution in [3.8, 4) is 5.75 Å². The SMILES string of the molecule is CCCCCC(=O)NC(Cc1ccc(OP(=O)([O-])[O-])cc1)C(=O)NC(C(=O)NCCCCCC(C)=O)C(C)CC.[Na+]. The van der Waals surface area contributed by atoms with Gasteiger partial charge < -0.3 is 39.6 Å². The predicted molar refractivity (Wildman–Crippen MR) is 148 cm³/mol. The summed E-state index contributed by atoms with van der Waals surface area (Å²) in [6, 6.07) is 3.78. The molecule has 226 valence electrons. The Morgan fingerprint density at radius 3 is 2.10 bits per heavy atom. The molecule has 0 aliphatic rings. The van der Waals surface area contributed by atoms with Gasteiger partial charge in [-0.3, -0.25) is 14.4 Å². The topological polar surface area (TPSA) is 177 Å². The van der Waals surface area contributed by atoms with E-state index in [1.54, 1.807) is 6.92 Å². The van der Waals surface area contributed by atoms with Crippen LogP contribution in [-0.4, -0.2) is 42.1 Å². The van der Waals surface area contributed by atoms with Crippen LogP contribution in [0.1, 0.15) is 91.0 Å². The van der Waals surface area contributed by atoms with Gasteiger partial charge in [-0.25, -0.2) is 0 Å². The first kappa shape index (κ1) is 39.2. The number of phosphoric ester groups is 1. The fourth-order valence-corrected chi connectivity index (χ4v) is 4.40. The minimum atomic E-state index is -5.21. The Bertz CT molecular complexity index is 1000. The monoisotopic (exact) mass is 604 g/mol. The predicted octanol–water partition coefficient (Wildman–Crippen LogP) is -0.698. The summed E-state index contributed by atoms with van der Waals surface area (Å²) in [5.74, 6) is -1.32. The van der Waals surface area contributed by atoms with Crippen molar-refractivity contribution in [2.45, 2.75) is 104 Å². The van der Waals surface area contributed by atoms with E-state index in [1.165, 1.54) is 24.3 Å². The third-order valence-electron chi connectivity index (χ3n) is 6.54. The third-order valence-corrected chi connectivity index (χ3v) is 6.97. The van der Waals surface area contributed by atoms with Gasteiger partial charge >= 0.3 is 29.6 Å². The van der Waals surface area contributed by atoms with Gasteiger partial charge in [0.15, 0.2) is 0 Å². The molecule has 0 radical (unpaired) electrons. The van der Waals surface area contributed by atoms with E-state index in [-0.39, 0.29) is 71.7 Å². The Morgan fingerprint density at radius 2 is 1.54 bits per heavy atom. The maximum atomic E-state index is 13.4. The van der Waals surface area contributed by atoms with Crippen LogP contribution >= 0.6 is 7.82 Å². The van der Waals surface area contributed by atoms with E-state index in [9.17, 15) is 33.5 Å². The Balaban J connectivity index is 0.0000160. The molecule has 41 heavy (non-hydrogen) atoms. The summed E-state index contributed by atoms with van der Waals surface area (Å²) in [4.78, 5) is 71.8. The fourth-order valence-electron chi connectivity index (χ4n) is 4.02. The van der Waals surface area contributed by atoms with Gasteiger partial charge in [-0.2, -0.15) is 0 Å². The molecule has 1 rings (SSSR count). The first-order valence-corrected chi connectivity index (χ1v) is 15.5. The van der Waals surface area contributed by atoms with Gasteiger partial charge in [0.25, 0.3) is 0 Å². The molecule has 3 unspecified atom stereocenters. The largest absolute Gasteiger partial charge is 1.00 e. The van der Waals surface area contributed by atoms with Crippen LogP contribution in [0.5, 0.6) is 5.75 Å². The van der Waals surface area contributed by atoms with Gasteiger partial charge in [0.2, 0.25) is 17.7 Å². The maximum absolute atomic E-state index is 13.4. The van der Waals surface area contributed by atoms with Crippen molar-refractivity contribution in [1.29, 1.82) is 0 Å². The molecule has 1 aromatic rings. The van der Waals surface area contributed by atoms with E-state index in [0.29, 0.717) is 37.8 Å². The van der Waals surface area contributed by atoms with Crippen molar-refractivity contribution >= 4 is 31.3 Å². The average molecular weight is 605 g/mol. The van der Waals surface area contributed by atoms with Crippen molar-refractivity contribution < 1.29 is 67.6 Å². The molecule has 0 aliphatic heterocycles. The van der Waals surface area contributed by atoms with E-state index in [1.807, 2.05) is 20.8 Å². The smallest absolute Gasteiger partial charge is 0.780 e. The molecule has 0 aromatic heterocycles. The minimum Gasteiger partial charge on any atom is -0.780 e. The first-order valence-electron chi connectivity index (χ1n) is 14.0. The van der Waals surface area contributed by atoms with Crippen LogP contribution in [0.3, 0.4) is 0 Å². The molecular formula is C28H44N3NaO8P-. The van der Waals surface area contributed by atoms with Gasteiger partial charge in [0.05, 0.1) is 0 Å². The van der Waals surface area contributed by atoms with Gasteiger partial charge in [0.1, 0.15) is 31.4 Å². The standard InChI is InChI=1S/C28H46N3O8P.Na/c1-5-7-9-13-25(33)30-24(19-22-14-16-23(17-15-22)39-40(36,37)38)27(34)31-26(20(3)6-2)28(35)29-18-11-8-10-12-21(4)32;/h14-17,20,24,26H,5-13,18-19H2,1-4H3,(H,29,35)(H,30,33)(H,31,34)(H2,36,37,38);/q;+1/p-2. The zero-order valence-corrected chi connectivity index (χ0v) is 27.9. The maximum Gasteiger partial charge on any atom is 1.00 e. The number of ketones is 1. The summed E-state index contributed by atoms with van der Waals surface area (Å²) >= 11 is 0. The van der Waals surface area contributed by atoms with E-state index in [4.69, 9.17) is 0 Å².